The van der Waals surface area contributed by atoms with Gasteiger partial charge in [0.1, 0.15) is 0 Å². The first-order chi connectivity index (χ1) is 6.39. The summed E-state index contributed by atoms with van der Waals surface area (Å²) in [5, 5.41) is -2.05. The minimum atomic E-state index is -3.35. The van der Waals surface area contributed by atoms with E-state index in [0.717, 1.165) is 0 Å². The monoisotopic (exact) mass is 267 g/mol. The van der Waals surface area contributed by atoms with Crippen molar-refractivity contribution in [2.24, 2.45) is 5.73 Å². The van der Waals surface area contributed by atoms with Gasteiger partial charge in [0.05, 0.1) is 0 Å². The molecule has 10 heteroatoms. The lowest BCUT2D eigenvalue weighted by molar-refractivity contribution is -0.0466. The fourth-order valence-corrected chi connectivity index (χ4v) is 2.12. The largest absolute Gasteiger partial charge is 0.330 e. The highest BCUT2D eigenvalue weighted by Gasteiger charge is 2.32. The number of hydrogen-bond donors (Lipinski definition) is 3. The Morgan fingerprint density at radius 3 is 2.00 bits per heavy atom. The molecule has 7 nitrogen and oxygen atoms in total. The number of hydrogen-bond acceptors (Lipinski definition) is 5. The quantitative estimate of drug-likeness (QED) is 0.347. The summed E-state index contributed by atoms with van der Waals surface area (Å²) in [7, 11) is -6.70. The fourth-order valence-electron chi connectivity index (χ4n) is 0.697. The Kier molecular flexibility index (Phi) is 7.20. The molecule has 0 aliphatic heterocycles. The molecule has 4 N–H and O–H groups in total. The van der Waals surface area contributed by atoms with Crippen LogP contribution in [0.2, 0.25) is 0 Å². The Morgan fingerprint density at radius 1 is 1.29 bits per heavy atom. The number of nitrogens with two attached hydrogens (primary N) is 1. The third-order valence-electron chi connectivity index (χ3n) is 1.16. The lowest BCUT2D eigenvalue weighted by atomic mass is 10.3. The van der Waals surface area contributed by atoms with Crippen LogP contribution in [-0.2, 0) is 18.2 Å². The van der Waals surface area contributed by atoms with E-state index in [1.807, 2.05) is 0 Å². The summed E-state index contributed by atoms with van der Waals surface area (Å²) >= 11 is 5.54. The first kappa shape index (κ1) is 14.6. The van der Waals surface area contributed by atoms with Crippen LogP contribution in [0.1, 0.15) is 12.8 Å². The van der Waals surface area contributed by atoms with E-state index in [-0.39, 0.29) is 13.0 Å². The Hall–Kier alpha value is 0.550. The van der Waals surface area contributed by atoms with E-state index >= 15 is 0 Å². The molecule has 0 fully saturated rings. The second-order valence-corrected chi connectivity index (χ2v) is 4.34. The highest BCUT2D eigenvalue weighted by atomic mass is 35.5. The van der Waals surface area contributed by atoms with Crippen LogP contribution in [0.3, 0.4) is 0 Å². The van der Waals surface area contributed by atoms with Gasteiger partial charge in [0.2, 0.25) is 0 Å². The molecular formula is C4H12ClNO6P2. The Morgan fingerprint density at radius 2 is 1.71 bits per heavy atom. The third kappa shape index (κ3) is 6.92. The Labute approximate surface area is 87.0 Å². The molecular weight excluding hydrogens is 255 g/mol. The van der Waals surface area contributed by atoms with Crippen molar-refractivity contribution in [2.75, 3.05) is 6.54 Å². The fraction of sp³-hybridized carbons (Fsp3) is 1.00. The molecule has 0 radical (unpaired) electrons. The molecule has 14 heavy (non-hydrogen) atoms. The molecule has 0 saturated heterocycles. The summed E-state index contributed by atoms with van der Waals surface area (Å²) in [5.41, 5.74) is 5.16. The maximum atomic E-state index is 10.4. The zero-order chi connectivity index (χ0) is 11.2. The van der Waals surface area contributed by atoms with Gasteiger partial charge in [-0.25, -0.2) is 0 Å². The molecule has 2 atom stereocenters. The van der Waals surface area contributed by atoms with E-state index in [0.29, 0.717) is 6.42 Å². The van der Waals surface area contributed by atoms with Crippen molar-refractivity contribution >= 4 is 28.1 Å². The highest BCUT2D eigenvalue weighted by molar-refractivity contribution is 7.33. The van der Waals surface area contributed by atoms with E-state index in [1.54, 1.807) is 0 Å². The first-order valence-corrected chi connectivity index (χ1v) is 6.53. The highest BCUT2D eigenvalue weighted by Crippen LogP contribution is 2.40. The van der Waals surface area contributed by atoms with Gasteiger partial charge < -0.3 is 15.5 Å². The minimum Gasteiger partial charge on any atom is -0.330 e. The number of alkyl halides is 1. The average Bonchev–Trinajstić information content (AvgIpc) is 1.97. The second-order valence-electron chi connectivity index (χ2n) is 2.29. The van der Waals surface area contributed by atoms with Crippen LogP contribution < -0.4 is 5.73 Å². The molecule has 0 heterocycles. The van der Waals surface area contributed by atoms with Crippen molar-refractivity contribution < 1.29 is 28.0 Å². The van der Waals surface area contributed by atoms with E-state index in [9.17, 15) is 9.13 Å². The van der Waals surface area contributed by atoms with Crippen LogP contribution in [0.25, 0.3) is 0 Å². The zero-order valence-corrected chi connectivity index (χ0v) is 9.86. The van der Waals surface area contributed by atoms with Crippen molar-refractivity contribution in [1.82, 2.24) is 0 Å². The van der Waals surface area contributed by atoms with Crippen molar-refractivity contribution in [3.8, 4) is 0 Å². The van der Waals surface area contributed by atoms with Crippen molar-refractivity contribution in [2.45, 2.75) is 18.1 Å². The lowest BCUT2D eigenvalue weighted by Gasteiger charge is -2.23. The third-order valence-corrected chi connectivity index (χ3v) is 2.77. The molecule has 0 saturated carbocycles. The zero-order valence-electron chi connectivity index (χ0n) is 7.10. The molecule has 0 bridgehead atoms. The predicted molar refractivity (Wildman–Crippen MR) is 51.5 cm³/mol. The summed E-state index contributed by atoms with van der Waals surface area (Å²) < 4.78 is 29.3. The molecule has 86 valence electrons. The van der Waals surface area contributed by atoms with Crippen LogP contribution >= 0.6 is 28.1 Å². The van der Waals surface area contributed by atoms with Crippen LogP contribution in [0.4, 0.5) is 0 Å². The van der Waals surface area contributed by atoms with Gasteiger partial charge in [0, 0.05) is 6.42 Å². The maximum Gasteiger partial charge on any atom is 0.320 e. The van der Waals surface area contributed by atoms with Gasteiger partial charge in [-0.3, -0.25) is 18.2 Å². The van der Waals surface area contributed by atoms with Crippen molar-refractivity contribution in [3.05, 3.63) is 0 Å². The average molecular weight is 268 g/mol. The van der Waals surface area contributed by atoms with Crippen LogP contribution in [0.5, 0.6) is 0 Å². The molecule has 0 aromatic heterocycles. The molecule has 2 unspecified atom stereocenters. The number of rotatable bonds is 7. The molecule has 0 aromatic carbocycles. The second kappa shape index (κ2) is 6.93. The van der Waals surface area contributed by atoms with E-state index in [2.05, 4.69) is 9.05 Å². The van der Waals surface area contributed by atoms with Crippen LogP contribution in [0.15, 0.2) is 0 Å². The summed E-state index contributed by atoms with van der Waals surface area (Å²) in [5.74, 6) is 0. The first-order valence-electron chi connectivity index (χ1n) is 3.62. The van der Waals surface area contributed by atoms with E-state index in [1.165, 1.54) is 0 Å². The lowest BCUT2D eigenvalue weighted by Crippen LogP contribution is -2.25. The topological polar surface area (TPSA) is 119 Å². The van der Waals surface area contributed by atoms with Gasteiger partial charge >= 0.3 is 16.5 Å². The molecule has 0 spiro atoms. The van der Waals surface area contributed by atoms with E-state index in [4.69, 9.17) is 27.1 Å². The summed E-state index contributed by atoms with van der Waals surface area (Å²) in [4.78, 5) is 16.9. The molecule has 0 aromatic rings. The number of halogens is 1. The summed E-state index contributed by atoms with van der Waals surface area (Å²) in [6, 6.07) is 0. The van der Waals surface area contributed by atoms with Crippen LogP contribution in [-0.4, -0.2) is 21.6 Å². The molecule has 0 amide bonds. The van der Waals surface area contributed by atoms with E-state index < -0.39 is 21.8 Å². The van der Waals surface area contributed by atoms with Gasteiger partial charge in [-0.15, -0.1) is 0 Å². The molecule has 0 aliphatic rings. The van der Waals surface area contributed by atoms with Gasteiger partial charge in [-0.05, 0) is 13.0 Å². The summed E-state index contributed by atoms with van der Waals surface area (Å²) in [6.45, 7) is 0.250. The van der Waals surface area contributed by atoms with Crippen molar-refractivity contribution in [1.29, 1.82) is 0 Å². The normalized spacial score (nSPS) is 20.0. The molecule has 0 aliphatic carbocycles. The van der Waals surface area contributed by atoms with Gasteiger partial charge in [-0.2, -0.15) is 0 Å². The maximum absolute atomic E-state index is 10.4. The smallest absolute Gasteiger partial charge is 0.320 e. The minimum absolute atomic E-state index is 0.0566. The Balaban J connectivity index is 4.31. The van der Waals surface area contributed by atoms with Gasteiger partial charge in [-0.1, -0.05) is 11.6 Å². The Bertz CT molecular complexity index is 210. The summed E-state index contributed by atoms with van der Waals surface area (Å²) in [6.07, 6.45) is 0.271. The predicted octanol–water partition coefficient (Wildman–Crippen LogP) is 0.415. The van der Waals surface area contributed by atoms with Gasteiger partial charge in [0.25, 0.3) is 5.25 Å². The van der Waals surface area contributed by atoms with Gasteiger partial charge in [0.15, 0.2) is 0 Å². The standard InChI is InChI=1S/C4H12ClNO6P2/c5-4(2-1-3-6,11-13(7)8)12-14(9)10/h13-14H,1-3,6H2,(H,7,8)(H,9,10). The molecule has 0 rings (SSSR count). The van der Waals surface area contributed by atoms with Crippen LogP contribution in [0, 0.1) is 0 Å². The van der Waals surface area contributed by atoms with Crippen molar-refractivity contribution in [3.63, 3.8) is 0 Å². The SMILES string of the molecule is NCCCC(Cl)(O[PH](=O)O)O[PH](=O)O.